The highest BCUT2D eigenvalue weighted by Crippen LogP contribution is 2.39. The fourth-order valence-electron chi connectivity index (χ4n) is 3.90. The van der Waals surface area contributed by atoms with Crippen molar-refractivity contribution in [3.63, 3.8) is 0 Å². The van der Waals surface area contributed by atoms with E-state index >= 15 is 0 Å². The molecule has 4 nitrogen and oxygen atoms in total. The Bertz CT molecular complexity index is 920. The second-order valence-electron chi connectivity index (χ2n) is 7.33. The molecule has 0 spiro atoms. The minimum atomic E-state index is -0.426. The first kappa shape index (κ1) is 19.1. The molecule has 0 aliphatic carbocycles. The summed E-state index contributed by atoms with van der Waals surface area (Å²) in [4.78, 5) is 20.0. The number of carbonyl (C=O) groups excluding carboxylic acids is 1. The van der Waals surface area contributed by atoms with Crippen molar-refractivity contribution in [1.29, 1.82) is 0 Å². The number of nitrogens with zero attached hydrogens (tertiary/aromatic N) is 2. The van der Waals surface area contributed by atoms with Gasteiger partial charge in [0.05, 0.1) is 11.3 Å². The second kappa shape index (κ2) is 8.84. The highest BCUT2D eigenvalue weighted by Gasteiger charge is 2.33. The third-order valence-electron chi connectivity index (χ3n) is 5.48. The van der Waals surface area contributed by atoms with E-state index in [-0.39, 0.29) is 12.1 Å². The van der Waals surface area contributed by atoms with E-state index in [1.165, 1.54) is 11.1 Å². The molecule has 3 aromatic rings. The van der Waals surface area contributed by atoms with Crippen molar-refractivity contribution in [2.45, 2.75) is 24.9 Å². The molecule has 0 bridgehead atoms. The molecule has 0 radical (unpaired) electrons. The molecule has 0 amide bonds. The number of carbonyl (C=O) groups is 1. The molecule has 2 atom stereocenters. The van der Waals surface area contributed by atoms with Crippen molar-refractivity contribution in [2.75, 3.05) is 7.05 Å². The van der Waals surface area contributed by atoms with Crippen LogP contribution < -0.4 is 0 Å². The first-order chi connectivity index (χ1) is 14.2. The van der Waals surface area contributed by atoms with Gasteiger partial charge in [0.25, 0.3) is 0 Å². The fourth-order valence-corrected chi connectivity index (χ4v) is 3.90. The Hall–Kier alpha value is -3.24. The molecule has 4 rings (SSSR count). The molecule has 0 N–H and O–H groups in total. The summed E-state index contributed by atoms with van der Waals surface area (Å²) in [5.41, 5.74) is 3.87. The van der Waals surface area contributed by atoms with Crippen LogP contribution in [0.1, 0.15) is 46.4 Å². The lowest BCUT2D eigenvalue weighted by molar-refractivity contribution is 0.0507. The van der Waals surface area contributed by atoms with Gasteiger partial charge in [0.1, 0.15) is 0 Å². The molecule has 3 aromatic carbocycles. The number of benzene rings is 3. The zero-order valence-corrected chi connectivity index (χ0v) is 16.4. The third kappa shape index (κ3) is 4.44. The second-order valence-corrected chi connectivity index (χ2v) is 7.33. The van der Waals surface area contributed by atoms with Gasteiger partial charge in [0, 0.05) is 24.9 Å². The van der Waals surface area contributed by atoms with Gasteiger partial charge in [0.15, 0.2) is 0 Å². The Morgan fingerprint density at radius 3 is 1.72 bits per heavy atom. The van der Waals surface area contributed by atoms with Crippen molar-refractivity contribution in [1.82, 2.24) is 4.90 Å². The summed E-state index contributed by atoms with van der Waals surface area (Å²) in [7, 11) is 2.15. The van der Waals surface area contributed by atoms with Gasteiger partial charge in [-0.05, 0) is 30.3 Å². The van der Waals surface area contributed by atoms with Crippen molar-refractivity contribution in [3.05, 3.63) is 108 Å². The zero-order chi connectivity index (χ0) is 20.1. The summed E-state index contributed by atoms with van der Waals surface area (Å²) >= 11 is 0. The summed E-state index contributed by atoms with van der Waals surface area (Å²) in [5, 5.41) is 4.29. The van der Waals surface area contributed by atoms with E-state index in [9.17, 15) is 4.79 Å². The Morgan fingerprint density at radius 2 is 1.24 bits per heavy atom. The minimum Gasteiger partial charge on any atom is -0.313 e. The van der Waals surface area contributed by atoms with Crippen LogP contribution in [0.5, 0.6) is 0 Å². The van der Waals surface area contributed by atoms with Crippen LogP contribution in [0, 0.1) is 0 Å². The van der Waals surface area contributed by atoms with E-state index in [1.807, 2.05) is 30.3 Å². The van der Waals surface area contributed by atoms with Gasteiger partial charge >= 0.3 is 5.97 Å². The number of piperidine rings is 1. The molecule has 29 heavy (non-hydrogen) atoms. The Balaban J connectivity index is 1.60. The Morgan fingerprint density at radius 1 is 0.793 bits per heavy atom. The van der Waals surface area contributed by atoms with Gasteiger partial charge in [-0.25, -0.2) is 4.79 Å². The Kier molecular flexibility index (Phi) is 5.82. The molecule has 1 saturated heterocycles. The minimum absolute atomic E-state index is 0.171. The molecular weight excluding hydrogens is 360 g/mol. The molecule has 1 fully saturated rings. The molecule has 1 aliphatic heterocycles. The molecule has 0 aromatic heterocycles. The van der Waals surface area contributed by atoms with Crippen LogP contribution in [-0.2, 0) is 4.84 Å². The smallest absolute Gasteiger partial charge is 0.313 e. The number of oxime groups is 1. The van der Waals surface area contributed by atoms with Crippen LogP contribution in [-0.4, -0.2) is 23.6 Å². The van der Waals surface area contributed by atoms with Crippen molar-refractivity contribution in [3.8, 4) is 0 Å². The van der Waals surface area contributed by atoms with Gasteiger partial charge in [-0.1, -0.05) is 84.0 Å². The van der Waals surface area contributed by atoms with Gasteiger partial charge in [-0.15, -0.1) is 0 Å². The van der Waals surface area contributed by atoms with Gasteiger partial charge in [-0.3, -0.25) is 4.90 Å². The zero-order valence-electron chi connectivity index (χ0n) is 16.4. The highest BCUT2D eigenvalue weighted by atomic mass is 16.7. The van der Waals surface area contributed by atoms with Gasteiger partial charge in [0.2, 0.25) is 0 Å². The molecule has 1 heterocycles. The maximum Gasteiger partial charge on any atom is 0.365 e. The average Bonchev–Trinajstić information content (AvgIpc) is 2.80. The number of hydrogen-bond acceptors (Lipinski definition) is 4. The molecule has 4 heteroatoms. The van der Waals surface area contributed by atoms with Crippen molar-refractivity contribution >= 4 is 11.7 Å². The van der Waals surface area contributed by atoms with E-state index in [2.05, 4.69) is 65.6 Å². The van der Waals surface area contributed by atoms with Gasteiger partial charge < -0.3 is 4.84 Å². The summed E-state index contributed by atoms with van der Waals surface area (Å²) in [5.74, 6) is -0.426. The number of rotatable bonds is 4. The topological polar surface area (TPSA) is 41.9 Å². The number of likely N-dealkylation sites (tertiary alicyclic amines) is 1. The maximum absolute atomic E-state index is 12.3. The average molecular weight is 384 g/mol. The van der Waals surface area contributed by atoms with E-state index in [0.717, 1.165) is 18.6 Å². The summed E-state index contributed by atoms with van der Waals surface area (Å²) in [6.07, 6.45) is 1.46. The van der Waals surface area contributed by atoms with Crippen molar-refractivity contribution in [2.24, 2.45) is 5.16 Å². The molecule has 0 saturated carbocycles. The van der Waals surface area contributed by atoms with E-state index in [0.29, 0.717) is 5.56 Å². The van der Waals surface area contributed by atoms with Crippen LogP contribution >= 0.6 is 0 Å². The third-order valence-corrected chi connectivity index (χ3v) is 5.48. The van der Waals surface area contributed by atoms with Gasteiger partial charge in [-0.2, -0.15) is 0 Å². The van der Waals surface area contributed by atoms with Crippen LogP contribution in [0.4, 0.5) is 0 Å². The molecule has 0 unspecified atom stereocenters. The van der Waals surface area contributed by atoms with Crippen LogP contribution in [0.25, 0.3) is 0 Å². The normalized spacial score (nSPS) is 19.6. The van der Waals surface area contributed by atoms with Crippen LogP contribution in [0.3, 0.4) is 0 Å². The predicted molar refractivity (Wildman–Crippen MR) is 115 cm³/mol. The summed E-state index contributed by atoms with van der Waals surface area (Å²) in [6.45, 7) is 0. The quantitative estimate of drug-likeness (QED) is 0.446. The summed E-state index contributed by atoms with van der Waals surface area (Å²) in [6, 6.07) is 30.2. The monoisotopic (exact) mass is 384 g/mol. The highest BCUT2D eigenvalue weighted by molar-refractivity contribution is 5.91. The fraction of sp³-hybridized carbons (Fsp3) is 0.200. The first-order valence-electron chi connectivity index (χ1n) is 9.86. The molecular formula is C25H24N2O2. The number of hydrogen-bond donors (Lipinski definition) is 0. The van der Waals surface area contributed by atoms with E-state index in [1.54, 1.807) is 12.1 Å². The predicted octanol–water partition coefficient (Wildman–Crippen LogP) is 5.41. The summed E-state index contributed by atoms with van der Waals surface area (Å²) < 4.78 is 0. The first-order valence-corrected chi connectivity index (χ1v) is 9.86. The SMILES string of the molecule is CN1[C@H](c2ccccc2)CC(=NOC(=O)c2ccccc2)C[C@H]1c1ccccc1. The molecule has 1 aliphatic rings. The van der Waals surface area contributed by atoms with E-state index in [4.69, 9.17) is 4.84 Å². The van der Waals surface area contributed by atoms with Crippen molar-refractivity contribution < 1.29 is 9.63 Å². The largest absolute Gasteiger partial charge is 0.365 e. The van der Waals surface area contributed by atoms with Crippen LogP contribution in [0.2, 0.25) is 0 Å². The molecule has 146 valence electrons. The lowest BCUT2D eigenvalue weighted by Gasteiger charge is -2.40. The van der Waals surface area contributed by atoms with E-state index < -0.39 is 5.97 Å². The standard InChI is InChI=1S/C25H24N2O2/c1-27-23(19-11-5-2-6-12-19)17-22(18-24(27)20-13-7-3-8-14-20)26-29-25(28)21-15-9-4-10-16-21/h2-16,23-24H,17-18H2,1H3/t23-,24-/m0/s1. The van der Waals surface area contributed by atoms with Crippen LogP contribution in [0.15, 0.2) is 96.2 Å². The maximum atomic E-state index is 12.3. The lowest BCUT2D eigenvalue weighted by Crippen LogP contribution is -2.37. The lowest BCUT2D eigenvalue weighted by atomic mass is 9.87. The Labute approximate surface area is 171 Å².